The molecule has 0 atom stereocenters. The number of carbonyl (C=O) groups is 1. The summed E-state index contributed by atoms with van der Waals surface area (Å²) in [6, 6.07) is 5.18. The summed E-state index contributed by atoms with van der Waals surface area (Å²) in [5.74, 6) is -0.0527. The van der Waals surface area contributed by atoms with E-state index in [1.165, 1.54) is 0 Å². The second-order valence-corrected chi connectivity index (χ2v) is 4.29. The van der Waals surface area contributed by atoms with Crippen molar-refractivity contribution in [2.75, 3.05) is 19.8 Å². The molecule has 1 aromatic carbocycles. The van der Waals surface area contributed by atoms with Gasteiger partial charge in [0.1, 0.15) is 0 Å². The quantitative estimate of drug-likeness (QED) is 0.811. The van der Waals surface area contributed by atoms with Gasteiger partial charge < -0.3 is 10.1 Å². The molecule has 0 saturated heterocycles. The molecule has 0 aromatic heterocycles. The summed E-state index contributed by atoms with van der Waals surface area (Å²) in [7, 11) is 0. The summed E-state index contributed by atoms with van der Waals surface area (Å²) in [6.45, 7) is 3.62. The fourth-order valence-corrected chi connectivity index (χ4v) is 1.63. The minimum absolute atomic E-state index is 0.0527. The van der Waals surface area contributed by atoms with Crippen molar-refractivity contribution in [2.45, 2.75) is 13.3 Å². The van der Waals surface area contributed by atoms with E-state index in [4.69, 9.17) is 27.9 Å². The standard InChI is InChI=1S/C12H15Cl2NO2/c1-2-17-6-5-15-12(16)8-9-3-4-10(13)11(14)7-9/h3-4,7H,2,5-6,8H2,1H3,(H,15,16). The fraction of sp³-hybridized carbons (Fsp3) is 0.417. The van der Waals surface area contributed by atoms with Gasteiger partial charge in [-0.3, -0.25) is 4.79 Å². The molecule has 0 saturated carbocycles. The zero-order chi connectivity index (χ0) is 12.7. The van der Waals surface area contributed by atoms with Gasteiger partial charge in [0, 0.05) is 13.2 Å². The smallest absolute Gasteiger partial charge is 0.224 e. The minimum Gasteiger partial charge on any atom is -0.380 e. The minimum atomic E-state index is -0.0527. The van der Waals surface area contributed by atoms with Crippen molar-refractivity contribution in [3.8, 4) is 0 Å². The molecule has 3 nitrogen and oxygen atoms in total. The number of benzene rings is 1. The van der Waals surface area contributed by atoms with Crippen LogP contribution in [0.1, 0.15) is 12.5 Å². The molecule has 5 heteroatoms. The third kappa shape index (κ3) is 5.39. The Morgan fingerprint density at radius 1 is 1.35 bits per heavy atom. The molecule has 1 rings (SSSR count). The number of hydrogen-bond acceptors (Lipinski definition) is 2. The Labute approximate surface area is 111 Å². The van der Waals surface area contributed by atoms with E-state index in [1.54, 1.807) is 18.2 Å². The lowest BCUT2D eigenvalue weighted by molar-refractivity contribution is -0.120. The SMILES string of the molecule is CCOCCNC(=O)Cc1ccc(Cl)c(Cl)c1. The third-order valence-electron chi connectivity index (χ3n) is 2.12. The Morgan fingerprint density at radius 2 is 2.12 bits per heavy atom. The van der Waals surface area contributed by atoms with Gasteiger partial charge in [-0.15, -0.1) is 0 Å². The Bertz CT molecular complexity index is 383. The van der Waals surface area contributed by atoms with Gasteiger partial charge in [0.2, 0.25) is 5.91 Å². The van der Waals surface area contributed by atoms with Crippen molar-refractivity contribution in [1.82, 2.24) is 5.32 Å². The highest BCUT2D eigenvalue weighted by molar-refractivity contribution is 6.42. The zero-order valence-corrected chi connectivity index (χ0v) is 11.1. The topological polar surface area (TPSA) is 38.3 Å². The van der Waals surface area contributed by atoms with Crippen LogP contribution in [-0.4, -0.2) is 25.7 Å². The lowest BCUT2D eigenvalue weighted by Gasteiger charge is -2.06. The first-order valence-corrected chi connectivity index (χ1v) is 6.17. The zero-order valence-electron chi connectivity index (χ0n) is 9.63. The van der Waals surface area contributed by atoms with Crippen LogP contribution in [0.25, 0.3) is 0 Å². The second kappa shape index (κ2) is 7.54. The van der Waals surface area contributed by atoms with Gasteiger partial charge in [0.15, 0.2) is 0 Å². The predicted octanol–water partition coefficient (Wildman–Crippen LogP) is 2.69. The highest BCUT2D eigenvalue weighted by atomic mass is 35.5. The largest absolute Gasteiger partial charge is 0.380 e. The number of carbonyl (C=O) groups excluding carboxylic acids is 1. The third-order valence-corrected chi connectivity index (χ3v) is 2.86. The van der Waals surface area contributed by atoms with Crippen LogP contribution in [0.2, 0.25) is 10.0 Å². The molecule has 0 bridgehead atoms. The van der Waals surface area contributed by atoms with Crippen LogP contribution >= 0.6 is 23.2 Å². The molecule has 0 spiro atoms. The van der Waals surface area contributed by atoms with E-state index in [1.807, 2.05) is 6.92 Å². The molecular weight excluding hydrogens is 261 g/mol. The van der Waals surface area contributed by atoms with Gasteiger partial charge in [0.25, 0.3) is 0 Å². The summed E-state index contributed by atoms with van der Waals surface area (Å²) in [4.78, 5) is 11.5. The van der Waals surface area contributed by atoms with Crippen LogP contribution in [0.4, 0.5) is 0 Å². The van der Waals surface area contributed by atoms with E-state index < -0.39 is 0 Å². The van der Waals surface area contributed by atoms with Gasteiger partial charge >= 0.3 is 0 Å². The van der Waals surface area contributed by atoms with Gasteiger partial charge in [-0.1, -0.05) is 29.3 Å². The highest BCUT2D eigenvalue weighted by Crippen LogP contribution is 2.22. The first-order valence-electron chi connectivity index (χ1n) is 5.42. The van der Waals surface area contributed by atoms with Crippen molar-refractivity contribution < 1.29 is 9.53 Å². The summed E-state index contributed by atoms with van der Waals surface area (Å²) in [5, 5.41) is 3.72. The maximum Gasteiger partial charge on any atom is 0.224 e. The first-order chi connectivity index (χ1) is 8.13. The van der Waals surface area contributed by atoms with E-state index in [9.17, 15) is 4.79 Å². The fourth-order valence-electron chi connectivity index (χ4n) is 1.30. The van der Waals surface area contributed by atoms with Crippen molar-refractivity contribution in [2.24, 2.45) is 0 Å². The van der Waals surface area contributed by atoms with Gasteiger partial charge in [-0.2, -0.15) is 0 Å². The number of hydrogen-bond donors (Lipinski definition) is 1. The lowest BCUT2D eigenvalue weighted by atomic mass is 10.1. The van der Waals surface area contributed by atoms with E-state index >= 15 is 0 Å². The van der Waals surface area contributed by atoms with E-state index in [0.717, 1.165) is 5.56 Å². The maximum atomic E-state index is 11.5. The molecule has 1 amide bonds. The van der Waals surface area contributed by atoms with Crippen LogP contribution in [0.5, 0.6) is 0 Å². The molecule has 0 unspecified atom stereocenters. The summed E-state index contributed by atoms with van der Waals surface area (Å²) < 4.78 is 5.12. The average Bonchev–Trinajstić information content (AvgIpc) is 2.30. The number of halogens is 2. The molecule has 0 heterocycles. The lowest BCUT2D eigenvalue weighted by Crippen LogP contribution is -2.28. The van der Waals surface area contributed by atoms with Gasteiger partial charge in [-0.25, -0.2) is 0 Å². The number of ether oxygens (including phenoxy) is 1. The van der Waals surface area contributed by atoms with Crippen LogP contribution in [0, 0.1) is 0 Å². The number of amides is 1. The van der Waals surface area contributed by atoms with E-state index in [0.29, 0.717) is 36.2 Å². The molecule has 0 aliphatic rings. The first kappa shape index (κ1) is 14.3. The van der Waals surface area contributed by atoms with Gasteiger partial charge in [-0.05, 0) is 24.6 Å². The Morgan fingerprint density at radius 3 is 2.76 bits per heavy atom. The Kier molecular flexibility index (Phi) is 6.34. The summed E-state index contributed by atoms with van der Waals surface area (Å²) >= 11 is 11.6. The number of nitrogens with one attached hydrogen (secondary N) is 1. The predicted molar refractivity (Wildman–Crippen MR) is 69.7 cm³/mol. The molecule has 17 heavy (non-hydrogen) atoms. The molecule has 0 fully saturated rings. The van der Waals surface area contributed by atoms with Crippen LogP contribution in [0.3, 0.4) is 0 Å². The normalized spacial score (nSPS) is 10.3. The summed E-state index contributed by atoms with van der Waals surface area (Å²) in [6.07, 6.45) is 0.295. The molecule has 0 aliphatic heterocycles. The van der Waals surface area contributed by atoms with E-state index in [2.05, 4.69) is 5.32 Å². The van der Waals surface area contributed by atoms with Crippen LogP contribution in [-0.2, 0) is 16.0 Å². The highest BCUT2D eigenvalue weighted by Gasteiger charge is 2.05. The molecular formula is C12H15Cl2NO2. The van der Waals surface area contributed by atoms with Crippen molar-refractivity contribution in [1.29, 1.82) is 0 Å². The molecule has 1 aromatic rings. The van der Waals surface area contributed by atoms with Crippen LogP contribution < -0.4 is 5.32 Å². The van der Waals surface area contributed by atoms with Crippen LogP contribution in [0.15, 0.2) is 18.2 Å². The maximum absolute atomic E-state index is 11.5. The number of rotatable bonds is 6. The molecule has 0 aliphatic carbocycles. The Hall–Kier alpha value is -0.770. The summed E-state index contributed by atoms with van der Waals surface area (Å²) in [5.41, 5.74) is 0.841. The average molecular weight is 276 g/mol. The monoisotopic (exact) mass is 275 g/mol. The molecule has 94 valence electrons. The van der Waals surface area contributed by atoms with E-state index in [-0.39, 0.29) is 5.91 Å². The second-order valence-electron chi connectivity index (χ2n) is 3.47. The van der Waals surface area contributed by atoms with Gasteiger partial charge in [0.05, 0.1) is 23.1 Å². The molecule has 1 N–H and O–H groups in total. The van der Waals surface area contributed by atoms with Crippen molar-refractivity contribution >= 4 is 29.1 Å². The molecule has 0 radical (unpaired) electrons. The van der Waals surface area contributed by atoms with Crippen molar-refractivity contribution in [3.63, 3.8) is 0 Å². The Balaban J connectivity index is 2.37. The van der Waals surface area contributed by atoms with Crippen molar-refractivity contribution in [3.05, 3.63) is 33.8 Å².